The number of anilines is 1. The van der Waals surface area contributed by atoms with Gasteiger partial charge >= 0.3 is 0 Å². The molecule has 4 N–H and O–H groups in total. The van der Waals surface area contributed by atoms with Crippen molar-refractivity contribution in [3.05, 3.63) is 29.6 Å². The highest BCUT2D eigenvalue weighted by atomic mass is 32.2. The van der Waals surface area contributed by atoms with Gasteiger partial charge in [0, 0.05) is 24.8 Å². The molecule has 0 bridgehead atoms. The summed E-state index contributed by atoms with van der Waals surface area (Å²) in [4.78, 5) is 3.89. The average Bonchev–Trinajstić information content (AvgIpc) is 2.64. The first-order valence-corrected chi connectivity index (χ1v) is 8.35. The second kappa shape index (κ2) is 6.30. The Balaban J connectivity index is 2.43. The molecule has 2 rings (SSSR count). The van der Waals surface area contributed by atoms with Crippen molar-refractivity contribution < 1.29 is 8.60 Å². The maximum atomic E-state index is 13.9. The fourth-order valence-corrected chi connectivity index (χ4v) is 4.41. The van der Waals surface area contributed by atoms with Gasteiger partial charge in [0.2, 0.25) is 5.96 Å². The van der Waals surface area contributed by atoms with E-state index in [1.54, 1.807) is 0 Å². The topological polar surface area (TPSA) is 97.1 Å². The zero-order valence-electron chi connectivity index (χ0n) is 12.0. The van der Waals surface area contributed by atoms with E-state index in [1.165, 1.54) is 29.6 Å². The van der Waals surface area contributed by atoms with E-state index in [1.807, 2.05) is 0 Å². The van der Waals surface area contributed by atoms with Crippen LogP contribution < -0.4 is 11.5 Å². The monoisotopic (exact) mass is 313 g/mol. The van der Waals surface area contributed by atoms with Crippen LogP contribution in [0, 0.1) is 5.82 Å². The lowest BCUT2D eigenvalue weighted by Gasteiger charge is -2.25. The highest BCUT2D eigenvalue weighted by Gasteiger charge is 2.25. The summed E-state index contributed by atoms with van der Waals surface area (Å²) in [6, 6.07) is 4.22. The molecule has 1 aliphatic heterocycles. The van der Waals surface area contributed by atoms with E-state index in [0.717, 1.165) is 12.8 Å². The minimum absolute atomic E-state index is 0.0555. The molecular weight excluding hydrogens is 293 g/mol. The molecule has 0 saturated carbocycles. The van der Waals surface area contributed by atoms with Crippen LogP contribution in [0.2, 0.25) is 0 Å². The van der Waals surface area contributed by atoms with Crippen molar-refractivity contribution in [3.63, 3.8) is 0 Å². The van der Waals surface area contributed by atoms with Gasteiger partial charge in [-0.2, -0.15) is 0 Å². The van der Waals surface area contributed by atoms with Crippen molar-refractivity contribution in [2.75, 3.05) is 25.9 Å². The third-order valence-electron chi connectivity index (χ3n) is 3.30. The zero-order valence-corrected chi connectivity index (χ0v) is 12.8. The molecule has 1 atom stereocenters. The number of guanidine groups is 1. The third kappa shape index (κ3) is 3.44. The zero-order chi connectivity index (χ0) is 15.5. The molecule has 6 nitrogen and oxygen atoms in total. The number of hydrogen-bond donors (Lipinski definition) is 2. The van der Waals surface area contributed by atoms with Crippen LogP contribution in [0.4, 0.5) is 10.1 Å². The second-order valence-electron chi connectivity index (χ2n) is 4.85. The van der Waals surface area contributed by atoms with Gasteiger partial charge in [-0.15, -0.1) is 0 Å². The van der Waals surface area contributed by atoms with Crippen molar-refractivity contribution >= 4 is 21.6 Å². The molecule has 0 fully saturated rings. The number of nitrogen functional groups attached to an aromatic ring is 1. The van der Waals surface area contributed by atoms with Crippen LogP contribution in [0.5, 0.6) is 0 Å². The van der Waals surface area contributed by atoms with Crippen LogP contribution in [0.15, 0.2) is 27.6 Å². The lowest BCUT2D eigenvalue weighted by Crippen LogP contribution is -2.42. The van der Waals surface area contributed by atoms with Crippen LogP contribution >= 0.6 is 0 Å². The number of nitrogens with zero attached hydrogens (tertiary/aromatic N) is 3. The molecule has 21 heavy (non-hydrogen) atoms. The van der Waals surface area contributed by atoms with Gasteiger partial charge in [-0.1, -0.05) is 0 Å². The van der Waals surface area contributed by atoms with Gasteiger partial charge in [0.25, 0.3) is 0 Å². The lowest BCUT2D eigenvalue weighted by atomic mass is 10.2. The molecular formula is C13H20FN5OS. The number of rotatable bonds is 2. The minimum atomic E-state index is -2.86. The van der Waals surface area contributed by atoms with Gasteiger partial charge in [-0.05, 0) is 31.0 Å². The maximum absolute atomic E-state index is 13.9. The fourth-order valence-electron chi connectivity index (χ4n) is 2.19. The molecule has 1 aromatic carbocycles. The first kappa shape index (κ1) is 15.6. The maximum Gasteiger partial charge on any atom is 0.203 e. The van der Waals surface area contributed by atoms with Crippen LogP contribution in [-0.4, -0.2) is 34.6 Å². The smallest absolute Gasteiger partial charge is 0.203 e. The van der Waals surface area contributed by atoms with Crippen molar-refractivity contribution in [1.29, 1.82) is 0 Å². The average molecular weight is 313 g/mol. The first-order valence-electron chi connectivity index (χ1n) is 6.71. The molecule has 0 radical (unpaired) electrons. The Morgan fingerprint density at radius 1 is 1.52 bits per heavy atom. The Morgan fingerprint density at radius 2 is 2.29 bits per heavy atom. The molecule has 1 heterocycles. The summed E-state index contributed by atoms with van der Waals surface area (Å²) in [7, 11) is -1.34. The Morgan fingerprint density at radius 3 is 3.00 bits per heavy atom. The standard InChI is InChI=1S/C13H20FN5OS/c1-17-13(16)19-7-3-2-6-18-21(19,20)9-10-8-11(15)4-5-12(10)14/h4-5,8H,2-3,6-7,9,15H2,1H3,(H2,16,17). The Labute approximate surface area is 124 Å². The predicted molar refractivity (Wildman–Crippen MR) is 83.4 cm³/mol. The first-order chi connectivity index (χ1) is 9.96. The molecule has 116 valence electrons. The molecule has 0 aromatic heterocycles. The molecule has 1 aliphatic rings. The van der Waals surface area contributed by atoms with Gasteiger partial charge < -0.3 is 11.5 Å². The SMILES string of the molecule is C/N=C(/N)N1CCCCN=S1(=O)Cc1cc(N)ccc1F. The summed E-state index contributed by atoms with van der Waals surface area (Å²) in [5.74, 6) is -0.339. The largest absolute Gasteiger partial charge is 0.399 e. The van der Waals surface area contributed by atoms with Crippen molar-refractivity contribution in [1.82, 2.24) is 4.31 Å². The lowest BCUT2D eigenvalue weighted by molar-refractivity contribution is 0.565. The molecule has 1 aromatic rings. The molecule has 1 unspecified atom stereocenters. The number of halogens is 1. The Bertz CT molecular complexity index is 667. The highest BCUT2D eigenvalue weighted by Crippen LogP contribution is 2.21. The second-order valence-corrected chi connectivity index (χ2v) is 7.05. The number of hydrogen-bond acceptors (Lipinski definition) is 4. The summed E-state index contributed by atoms with van der Waals surface area (Å²) in [6.07, 6.45) is 1.64. The van der Waals surface area contributed by atoms with Crippen LogP contribution in [0.1, 0.15) is 18.4 Å². The quantitative estimate of drug-likeness (QED) is 0.489. The normalized spacial score (nSPS) is 23.5. The van der Waals surface area contributed by atoms with Crippen LogP contribution in [-0.2, 0) is 15.7 Å². The van der Waals surface area contributed by atoms with E-state index >= 15 is 0 Å². The number of aliphatic imine (C=N–C) groups is 1. The van der Waals surface area contributed by atoms with E-state index in [9.17, 15) is 8.60 Å². The van der Waals surface area contributed by atoms with Gasteiger partial charge in [0.15, 0.2) is 0 Å². The van der Waals surface area contributed by atoms with Crippen molar-refractivity contribution in [3.8, 4) is 0 Å². The van der Waals surface area contributed by atoms with E-state index in [2.05, 4.69) is 9.36 Å². The molecule has 0 saturated heterocycles. The van der Waals surface area contributed by atoms with Gasteiger partial charge in [-0.3, -0.25) is 9.30 Å². The summed E-state index contributed by atoms with van der Waals surface area (Å²) in [5.41, 5.74) is 12.2. The van der Waals surface area contributed by atoms with E-state index in [4.69, 9.17) is 11.5 Å². The van der Waals surface area contributed by atoms with E-state index in [0.29, 0.717) is 18.8 Å². The van der Waals surface area contributed by atoms with Crippen molar-refractivity contribution in [2.45, 2.75) is 18.6 Å². The molecule has 8 heteroatoms. The summed E-state index contributed by atoms with van der Waals surface area (Å²) >= 11 is 0. The summed E-state index contributed by atoms with van der Waals surface area (Å²) in [6.45, 7) is 0.964. The minimum Gasteiger partial charge on any atom is -0.399 e. The summed E-state index contributed by atoms with van der Waals surface area (Å²) in [5, 5.41) is 0. The van der Waals surface area contributed by atoms with E-state index < -0.39 is 15.7 Å². The Kier molecular flexibility index (Phi) is 4.66. The highest BCUT2D eigenvalue weighted by molar-refractivity contribution is 7.91. The van der Waals surface area contributed by atoms with Crippen molar-refractivity contribution in [2.24, 2.45) is 15.1 Å². The number of benzene rings is 1. The van der Waals surface area contributed by atoms with Crippen LogP contribution in [0.25, 0.3) is 0 Å². The summed E-state index contributed by atoms with van der Waals surface area (Å²) < 4.78 is 32.8. The molecule has 0 aliphatic carbocycles. The Hall–Kier alpha value is -1.83. The van der Waals surface area contributed by atoms with Crippen LogP contribution in [0.3, 0.4) is 0 Å². The van der Waals surface area contributed by atoms with Gasteiger partial charge in [-0.25, -0.2) is 13.0 Å². The van der Waals surface area contributed by atoms with Gasteiger partial charge in [0.1, 0.15) is 15.7 Å². The molecule has 0 amide bonds. The predicted octanol–water partition coefficient (Wildman–Crippen LogP) is 1.33. The molecule has 0 spiro atoms. The van der Waals surface area contributed by atoms with Gasteiger partial charge in [0.05, 0.1) is 12.3 Å². The third-order valence-corrected chi connectivity index (χ3v) is 5.64. The fraction of sp³-hybridized carbons (Fsp3) is 0.462. The van der Waals surface area contributed by atoms with E-state index in [-0.39, 0.29) is 17.3 Å². The number of nitrogens with two attached hydrogens (primary N) is 2.